The fourth-order valence-corrected chi connectivity index (χ4v) is 6.13. The third-order valence-corrected chi connectivity index (χ3v) is 7.88. The molecule has 2 N–H and O–H groups in total. The maximum atomic E-state index is 13.6. The monoisotopic (exact) mass is 507 g/mol. The fourth-order valence-electron chi connectivity index (χ4n) is 6.13. The van der Waals surface area contributed by atoms with Gasteiger partial charge in [-0.3, -0.25) is 9.59 Å². The largest absolute Gasteiger partial charge is 0.378 e. The van der Waals surface area contributed by atoms with Gasteiger partial charge >= 0.3 is 0 Å². The molecule has 3 aromatic rings. The molecule has 1 unspecified atom stereocenters. The van der Waals surface area contributed by atoms with Gasteiger partial charge in [0, 0.05) is 36.7 Å². The average molecular weight is 508 g/mol. The van der Waals surface area contributed by atoms with Crippen molar-refractivity contribution in [1.82, 2.24) is 10.2 Å². The number of fused-ring (bicyclic) bond motifs is 3. The van der Waals surface area contributed by atoms with Crippen LogP contribution in [0.2, 0.25) is 0 Å². The Morgan fingerprint density at radius 1 is 0.974 bits per heavy atom. The van der Waals surface area contributed by atoms with Crippen LogP contribution >= 0.6 is 0 Å². The van der Waals surface area contributed by atoms with E-state index in [2.05, 4.69) is 90.1 Å². The number of allylic oxidation sites excluding steroid dienone is 1. The Morgan fingerprint density at radius 2 is 1.66 bits per heavy atom. The molecular formula is C33H37N3O2. The van der Waals surface area contributed by atoms with Crippen LogP contribution in [0.15, 0.2) is 96.6 Å². The number of nitrogens with zero attached hydrogens (tertiary/aromatic N) is 1. The van der Waals surface area contributed by atoms with Crippen LogP contribution in [0, 0.1) is 11.8 Å². The van der Waals surface area contributed by atoms with Gasteiger partial charge in [-0.15, -0.1) is 0 Å². The van der Waals surface area contributed by atoms with E-state index < -0.39 is 0 Å². The number of para-hydroxylation sites is 1. The Morgan fingerprint density at radius 3 is 2.42 bits per heavy atom. The summed E-state index contributed by atoms with van der Waals surface area (Å²) in [7, 11) is 0. The number of carbonyl (C=O) groups excluding carboxylic acids is 2. The van der Waals surface area contributed by atoms with Crippen molar-refractivity contribution in [3.05, 3.63) is 113 Å². The first kappa shape index (κ1) is 25.8. The lowest BCUT2D eigenvalue weighted by Crippen LogP contribution is -2.38. The lowest BCUT2D eigenvalue weighted by molar-refractivity contribution is -0.133. The van der Waals surface area contributed by atoms with Crippen LogP contribution in [0.25, 0.3) is 0 Å². The molecule has 4 atom stereocenters. The fraction of sp³-hybridized carbons (Fsp3) is 0.333. The number of likely N-dealkylation sites (tertiary alicyclic amines) is 1. The summed E-state index contributed by atoms with van der Waals surface area (Å²) in [5.74, 6) is 0.738. The van der Waals surface area contributed by atoms with Crippen molar-refractivity contribution in [1.29, 1.82) is 0 Å². The third kappa shape index (κ3) is 5.67. The summed E-state index contributed by atoms with van der Waals surface area (Å²) in [6.45, 7) is 5.50. The summed E-state index contributed by atoms with van der Waals surface area (Å²) in [4.78, 5) is 28.0. The number of nitrogens with one attached hydrogen (secondary N) is 2. The quantitative estimate of drug-likeness (QED) is 0.341. The van der Waals surface area contributed by atoms with Gasteiger partial charge in [0.25, 0.3) is 5.91 Å². The highest BCUT2D eigenvalue weighted by Gasteiger charge is 2.46. The van der Waals surface area contributed by atoms with E-state index >= 15 is 0 Å². The summed E-state index contributed by atoms with van der Waals surface area (Å²) < 4.78 is 0. The smallest absolute Gasteiger partial charge is 0.251 e. The standard InChI is InChI=1S/C33H37N3O2/c1-23(17-19-34-33(38)26-13-7-4-8-14-26)21-24(2)22-30(37)36-20-18-28-31(25-11-5-3-6-12-25)35-29-16-10-9-15-27(29)32(28)36/h3-17,24,28,31-32,35H,18-22H2,1-2H3,(H,34,38)/b23-17+/t24?,28-,31+,32+/m0/s1. The highest BCUT2D eigenvalue weighted by atomic mass is 16.2. The first-order chi connectivity index (χ1) is 18.5. The Bertz CT molecular complexity index is 1290. The Labute approximate surface area is 226 Å². The zero-order valence-corrected chi connectivity index (χ0v) is 22.3. The normalized spacial score (nSPS) is 21.2. The molecule has 2 heterocycles. The van der Waals surface area contributed by atoms with E-state index in [9.17, 15) is 9.59 Å². The van der Waals surface area contributed by atoms with Gasteiger partial charge in [-0.05, 0) is 55.0 Å². The van der Waals surface area contributed by atoms with Crippen LogP contribution in [-0.2, 0) is 4.79 Å². The van der Waals surface area contributed by atoms with Gasteiger partial charge in [0.2, 0.25) is 5.91 Å². The summed E-state index contributed by atoms with van der Waals surface area (Å²) in [5.41, 5.74) is 5.49. The van der Waals surface area contributed by atoms with Crippen molar-refractivity contribution >= 4 is 17.5 Å². The van der Waals surface area contributed by atoms with Gasteiger partial charge < -0.3 is 15.5 Å². The predicted molar refractivity (Wildman–Crippen MR) is 153 cm³/mol. The second-order valence-electron chi connectivity index (χ2n) is 10.7. The van der Waals surface area contributed by atoms with Crippen LogP contribution in [0.4, 0.5) is 5.69 Å². The molecule has 2 amide bonds. The minimum Gasteiger partial charge on any atom is -0.378 e. The molecule has 1 saturated heterocycles. The lowest BCUT2D eigenvalue weighted by Gasteiger charge is -2.40. The van der Waals surface area contributed by atoms with E-state index in [0.717, 1.165) is 25.1 Å². The topological polar surface area (TPSA) is 61.4 Å². The summed E-state index contributed by atoms with van der Waals surface area (Å²) in [5, 5.41) is 6.72. The first-order valence-corrected chi connectivity index (χ1v) is 13.7. The molecule has 5 rings (SSSR count). The first-order valence-electron chi connectivity index (χ1n) is 13.7. The van der Waals surface area contributed by atoms with Crippen molar-refractivity contribution in [3.63, 3.8) is 0 Å². The van der Waals surface area contributed by atoms with E-state index in [4.69, 9.17) is 0 Å². The van der Waals surface area contributed by atoms with Crippen molar-refractivity contribution in [2.24, 2.45) is 11.8 Å². The zero-order valence-electron chi connectivity index (χ0n) is 22.3. The molecule has 5 nitrogen and oxygen atoms in total. The highest BCUT2D eigenvalue weighted by molar-refractivity contribution is 5.94. The average Bonchev–Trinajstić information content (AvgIpc) is 3.39. The van der Waals surface area contributed by atoms with Crippen LogP contribution in [-0.4, -0.2) is 29.8 Å². The molecule has 5 heteroatoms. The van der Waals surface area contributed by atoms with E-state index in [0.29, 0.717) is 24.4 Å². The molecule has 3 aromatic carbocycles. The number of anilines is 1. The van der Waals surface area contributed by atoms with Crippen molar-refractivity contribution in [2.45, 2.75) is 45.2 Å². The summed E-state index contributed by atoms with van der Waals surface area (Å²) in [6, 6.07) is 28.6. The molecule has 0 bridgehead atoms. The maximum Gasteiger partial charge on any atom is 0.251 e. The van der Waals surface area contributed by atoms with Gasteiger partial charge in [0.15, 0.2) is 0 Å². The second kappa shape index (κ2) is 11.7. The molecule has 0 saturated carbocycles. The minimum absolute atomic E-state index is 0.0717. The van der Waals surface area contributed by atoms with E-state index in [1.54, 1.807) is 0 Å². The number of carbonyl (C=O) groups is 2. The Hall–Kier alpha value is -3.86. The SMILES string of the molecule is C/C(=C\CNC(=O)c1ccccc1)CC(C)CC(=O)N1CC[C@H]2[C@@H](c3ccccc3)Nc3ccccc3[C@H]21. The van der Waals surface area contributed by atoms with Crippen molar-refractivity contribution in [3.8, 4) is 0 Å². The number of benzene rings is 3. The molecule has 196 valence electrons. The molecule has 2 aliphatic heterocycles. The van der Waals surface area contributed by atoms with Gasteiger partial charge in [-0.2, -0.15) is 0 Å². The molecule has 1 fully saturated rings. The summed E-state index contributed by atoms with van der Waals surface area (Å²) in [6.07, 6.45) is 4.41. The van der Waals surface area contributed by atoms with Gasteiger partial charge in [-0.1, -0.05) is 85.3 Å². The summed E-state index contributed by atoms with van der Waals surface area (Å²) >= 11 is 0. The van der Waals surface area contributed by atoms with E-state index in [1.165, 1.54) is 16.7 Å². The molecule has 2 aliphatic rings. The molecule has 0 aromatic heterocycles. The molecule has 38 heavy (non-hydrogen) atoms. The minimum atomic E-state index is -0.0717. The van der Waals surface area contributed by atoms with Crippen LogP contribution in [0.1, 0.15) is 66.7 Å². The van der Waals surface area contributed by atoms with Gasteiger partial charge in [-0.25, -0.2) is 0 Å². The Kier molecular flexibility index (Phi) is 7.92. The third-order valence-electron chi connectivity index (χ3n) is 7.88. The zero-order chi connectivity index (χ0) is 26.5. The number of amides is 2. The maximum absolute atomic E-state index is 13.6. The van der Waals surface area contributed by atoms with Gasteiger partial charge in [0.1, 0.15) is 0 Å². The molecular weight excluding hydrogens is 470 g/mol. The lowest BCUT2D eigenvalue weighted by atomic mass is 9.80. The number of rotatable bonds is 8. The van der Waals surface area contributed by atoms with Crippen molar-refractivity contribution < 1.29 is 9.59 Å². The molecule has 0 radical (unpaired) electrons. The van der Waals surface area contributed by atoms with E-state index in [-0.39, 0.29) is 29.8 Å². The number of hydrogen-bond donors (Lipinski definition) is 2. The van der Waals surface area contributed by atoms with E-state index in [1.807, 2.05) is 30.3 Å². The predicted octanol–water partition coefficient (Wildman–Crippen LogP) is 6.54. The second-order valence-corrected chi connectivity index (χ2v) is 10.7. The van der Waals surface area contributed by atoms with Crippen LogP contribution in [0.3, 0.4) is 0 Å². The van der Waals surface area contributed by atoms with Crippen LogP contribution < -0.4 is 10.6 Å². The molecule has 0 aliphatic carbocycles. The Balaban J connectivity index is 1.21. The van der Waals surface area contributed by atoms with Gasteiger partial charge in [0.05, 0.1) is 12.1 Å². The van der Waals surface area contributed by atoms with Crippen LogP contribution in [0.5, 0.6) is 0 Å². The highest BCUT2D eigenvalue weighted by Crippen LogP contribution is 2.51. The van der Waals surface area contributed by atoms with Crippen molar-refractivity contribution in [2.75, 3.05) is 18.4 Å². The molecule has 0 spiro atoms. The number of hydrogen-bond acceptors (Lipinski definition) is 3.